The van der Waals surface area contributed by atoms with Gasteiger partial charge in [0.2, 0.25) is 5.91 Å². The summed E-state index contributed by atoms with van der Waals surface area (Å²) in [4.78, 5) is 30.2. The average Bonchev–Trinajstić information content (AvgIpc) is 3.36. The summed E-state index contributed by atoms with van der Waals surface area (Å²) < 4.78 is 52.5. The first kappa shape index (κ1) is 32.3. The first-order chi connectivity index (χ1) is 21.9. The van der Waals surface area contributed by atoms with Gasteiger partial charge in [0.1, 0.15) is 6.10 Å². The van der Waals surface area contributed by atoms with Crippen LogP contribution in [0.25, 0.3) is 6.08 Å². The number of hydrogen-bond acceptors (Lipinski definition) is 6. The standard InChI is InChI=1S/C36H41F3N2O5/c1-4-6-7-19-41(30(43)14-11-24-9-8-10-26(21-24)36(37,38)39)27-15-16-35(44)29-22-25-12-13-28(45-23(3)42)32-31(25)34(35,33(27)46-32)17-20-40(29)18-5-2/h5,8-14,21,27,29,33,44H,2,4,6-7,15-20,22H2,1,3H3/b14-11+/t27?,29-,33?,34+,35-/m1/s1. The Balaban J connectivity index is 1.41. The number of likely N-dealkylation sites (tertiary alicyclic amines) is 1. The highest BCUT2D eigenvalue weighted by Crippen LogP contribution is 2.66. The van der Waals surface area contributed by atoms with E-state index in [1.54, 1.807) is 11.0 Å². The highest BCUT2D eigenvalue weighted by atomic mass is 19.4. The number of rotatable bonds is 10. The van der Waals surface area contributed by atoms with Crippen molar-refractivity contribution in [1.82, 2.24) is 9.80 Å². The summed E-state index contributed by atoms with van der Waals surface area (Å²) in [6, 6.07) is 7.99. The van der Waals surface area contributed by atoms with Crippen LogP contribution in [0.1, 0.15) is 74.6 Å². The molecular formula is C36H41F3N2O5. The fourth-order valence-corrected chi connectivity index (χ4v) is 8.59. The number of carbonyl (C=O) groups excluding carboxylic acids is 2. The van der Waals surface area contributed by atoms with E-state index in [2.05, 4.69) is 18.4 Å². The molecule has 2 aromatic rings. The van der Waals surface area contributed by atoms with Crippen molar-refractivity contribution in [3.05, 3.63) is 77.4 Å². The number of alkyl halides is 3. The molecule has 2 aliphatic heterocycles. The highest BCUT2D eigenvalue weighted by Gasteiger charge is 2.73. The van der Waals surface area contributed by atoms with E-state index in [1.165, 1.54) is 31.2 Å². The third-order valence-corrected chi connectivity index (χ3v) is 10.5. The third-order valence-electron chi connectivity index (χ3n) is 10.5. The summed E-state index contributed by atoms with van der Waals surface area (Å²) in [5, 5.41) is 12.8. The lowest BCUT2D eigenvalue weighted by molar-refractivity contribution is -0.199. The van der Waals surface area contributed by atoms with Crippen LogP contribution in [-0.2, 0) is 27.6 Å². The predicted molar refractivity (Wildman–Crippen MR) is 167 cm³/mol. The number of carbonyl (C=O) groups is 2. The maximum Gasteiger partial charge on any atom is 0.416 e. The third kappa shape index (κ3) is 5.23. The molecule has 1 N–H and O–H groups in total. The minimum atomic E-state index is -4.49. The van der Waals surface area contributed by atoms with E-state index >= 15 is 0 Å². The van der Waals surface area contributed by atoms with Crippen molar-refractivity contribution in [3.8, 4) is 11.5 Å². The lowest BCUT2D eigenvalue weighted by Gasteiger charge is -2.64. The fraction of sp³-hybridized carbons (Fsp3) is 0.500. The molecule has 2 unspecified atom stereocenters. The van der Waals surface area contributed by atoms with E-state index < -0.39 is 40.9 Å². The Labute approximate surface area is 267 Å². The minimum absolute atomic E-state index is 0.186. The summed E-state index contributed by atoms with van der Waals surface area (Å²) in [5.41, 5.74) is -0.596. The van der Waals surface area contributed by atoms with Gasteiger partial charge in [-0.15, -0.1) is 6.58 Å². The summed E-state index contributed by atoms with van der Waals surface area (Å²) in [6.07, 6.45) is 4.19. The van der Waals surface area contributed by atoms with Crippen LogP contribution in [-0.4, -0.2) is 70.2 Å². The topological polar surface area (TPSA) is 79.3 Å². The molecule has 1 saturated heterocycles. The lowest BCUT2D eigenvalue weighted by Crippen LogP contribution is -2.78. The van der Waals surface area contributed by atoms with Gasteiger partial charge in [0.05, 0.1) is 22.6 Å². The molecule has 2 bridgehead atoms. The molecule has 7 nitrogen and oxygen atoms in total. The number of benzene rings is 2. The molecule has 2 fully saturated rings. The van der Waals surface area contributed by atoms with Gasteiger partial charge < -0.3 is 19.5 Å². The van der Waals surface area contributed by atoms with Crippen LogP contribution in [0.2, 0.25) is 0 Å². The van der Waals surface area contributed by atoms with Crippen molar-refractivity contribution in [3.63, 3.8) is 0 Å². The zero-order valence-corrected chi connectivity index (χ0v) is 26.3. The smallest absolute Gasteiger partial charge is 0.416 e. The Hall–Kier alpha value is -3.63. The molecule has 4 aliphatic rings. The van der Waals surface area contributed by atoms with Gasteiger partial charge in [-0.3, -0.25) is 14.5 Å². The van der Waals surface area contributed by atoms with Crippen LogP contribution < -0.4 is 9.47 Å². The molecule has 0 radical (unpaired) electrons. The highest BCUT2D eigenvalue weighted by molar-refractivity contribution is 5.92. The number of esters is 1. The predicted octanol–water partition coefficient (Wildman–Crippen LogP) is 6.07. The van der Waals surface area contributed by atoms with Crippen LogP contribution in [0.15, 0.2) is 55.1 Å². The molecule has 1 saturated carbocycles. The number of unbranched alkanes of at least 4 members (excludes halogenated alkanes) is 2. The van der Waals surface area contributed by atoms with Crippen LogP contribution in [0.5, 0.6) is 11.5 Å². The van der Waals surface area contributed by atoms with E-state index in [-0.39, 0.29) is 17.5 Å². The molecule has 6 rings (SSSR count). The van der Waals surface area contributed by atoms with Gasteiger partial charge >= 0.3 is 12.1 Å². The SMILES string of the molecule is C=CCN1CC[C@]23c4c5ccc(OC(C)=O)c4OC2C(N(CCCCC)C(=O)/C=C/c2cccc(C(F)(F)F)c2)CC[C@@]3(O)[C@H]1C5. The van der Waals surface area contributed by atoms with Crippen molar-refractivity contribution in [2.75, 3.05) is 19.6 Å². The Morgan fingerprint density at radius 1 is 1.22 bits per heavy atom. The Kier molecular flexibility index (Phi) is 8.56. The van der Waals surface area contributed by atoms with Crippen molar-refractivity contribution < 1.29 is 37.3 Å². The molecule has 2 heterocycles. The van der Waals surface area contributed by atoms with Crippen LogP contribution >= 0.6 is 0 Å². The Morgan fingerprint density at radius 2 is 2.02 bits per heavy atom. The van der Waals surface area contributed by atoms with E-state index in [0.717, 1.165) is 42.5 Å². The number of halogens is 3. The first-order valence-electron chi connectivity index (χ1n) is 16.2. The lowest BCUT2D eigenvalue weighted by atomic mass is 9.48. The number of amides is 1. The van der Waals surface area contributed by atoms with E-state index in [9.17, 15) is 27.9 Å². The summed E-state index contributed by atoms with van der Waals surface area (Å²) >= 11 is 0. The normalized spacial score (nSPS) is 28.0. The molecule has 10 heteroatoms. The number of aliphatic hydroxyl groups is 1. The molecule has 2 aliphatic carbocycles. The molecular weight excluding hydrogens is 597 g/mol. The van der Waals surface area contributed by atoms with E-state index in [0.29, 0.717) is 56.8 Å². The fourth-order valence-electron chi connectivity index (χ4n) is 8.59. The van der Waals surface area contributed by atoms with Crippen molar-refractivity contribution in [2.24, 2.45) is 0 Å². The Morgan fingerprint density at radius 3 is 2.74 bits per heavy atom. The van der Waals surface area contributed by atoms with Gasteiger partial charge in [-0.1, -0.05) is 44.0 Å². The zero-order valence-electron chi connectivity index (χ0n) is 26.3. The van der Waals surface area contributed by atoms with E-state index in [1.807, 2.05) is 12.1 Å². The van der Waals surface area contributed by atoms with E-state index in [4.69, 9.17) is 9.47 Å². The molecule has 246 valence electrons. The summed E-state index contributed by atoms with van der Waals surface area (Å²) in [5.74, 6) is -0.0446. The molecule has 5 atom stereocenters. The molecule has 2 aromatic carbocycles. The summed E-state index contributed by atoms with van der Waals surface area (Å²) in [6.45, 7) is 9.11. The zero-order chi connectivity index (χ0) is 32.9. The van der Waals surface area contributed by atoms with Crippen molar-refractivity contribution >= 4 is 18.0 Å². The van der Waals surface area contributed by atoms with Gasteiger partial charge in [-0.2, -0.15) is 13.2 Å². The number of nitrogens with zero attached hydrogens (tertiary/aromatic N) is 2. The minimum Gasteiger partial charge on any atom is -0.483 e. The Bertz CT molecular complexity index is 1560. The number of hydrogen-bond donors (Lipinski definition) is 1. The molecule has 1 amide bonds. The maximum absolute atomic E-state index is 14.0. The monoisotopic (exact) mass is 638 g/mol. The van der Waals surface area contributed by atoms with Gasteiger partial charge in [0, 0.05) is 37.7 Å². The first-order valence-corrected chi connectivity index (χ1v) is 16.2. The van der Waals surface area contributed by atoms with Crippen molar-refractivity contribution in [2.45, 2.75) is 94.2 Å². The van der Waals surface area contributed by atoms with Crippen LogP contribution in [0, 0.1) is 0 Å². The second kappa shape index (κ2) is 12.2. The van der Waals surface area contributed by atoms with Crippen LogP contribution in [0.3, 0.4) is 0 Å². The summed E-state index contributed by atoms with van der Waals surface area (Å²) in [7, 11) is 0. The van der Waals surface area contributed by atoms with Gasteiger partial charge in [-0.25, -0.2) is 0 Å². The number of ether oxygens (including phenoxy) is 2. The molecule has 1 spiro atoms. The molecule has 46 heavy (non-hydrogen) atoms. The maximum atomic E-state index is 14.0. The van der Waals surface area contributed by atoms with Crippen molar-refractivity contribution in [1.29, 1.82) is 0 Å². The quantitative estimate of drug-likeness (QED) is 0.112. The van der Waals surface area contributed by atoms with Gasteiger partial charge in [0.25, 0.3) is 0 Å². The molecule has 0 aromatic heterocycles. The van der Waals surface area contributed by atoms with Gasteiger partial charge in [-0.05, 0) is 74.1 Å². The largest absolute Gasteiger partial charge is 0.483 e. The van der Waals surface area contributed by atoms with Gasteiger partial charge in [0.15, 0.2) is 11.5 Å². The second-order valence-electron chi connectivity index (χ2n) is 13.0. The average molecular weight is 639 g/mol. The number of piperidine rings is 1. The van der Waals surface area contributed by atoms with Crippen LogP contribution in [0.4, 0.5) is 13.2 Å². The second-order valence-corrected chi connectivity index (χ2v) is 13.0.